The molecule has 1 aliphatic heterocycles. The van der Waals surface area contributed by atoms with Crippen molar-refractivity contribution in [1.29, 1.82) is 0 Å². The van der Waals surface area contributed by atoms with Crippen LogP contribution in [-0.2, 0) is 17.9 Å². The van der Waals surface area contributed by atoms with Gasteiger partial charge < -0.3 is 9.84 Å². The van der Waals surface area contributed by atoms with Crippen LogP contribution in [0.1, 0.15) is 17.5 Å². The van der Waals surface area contributed by atoms with Gasteiger partial charge in [0.1, 0.15) is 0 Å². The lowest BCUT2D eigenvalue weighted by atomic mass is 10.1. The third-order valence-electron chi connectivity index (χ3n) is 2.99. The maximum absolute atomic E-state index is 9.43. The Morgan fingerprint density at radius 3 is 2.56 bits per heavy atom. The van der Waals surface area contributed by atoms with E-state index in [-0.39, 0.29) is 6.10 Å². The minimum absolute atomic E-state index is 0.132. The van der Waals surface area contributed by atoms with Crippen molar-refractivity contribution >= 4 is 0 Å². The van der Waals surface area contributed by atoms with Gasteiger partial charge in [-0.15, -0.1) is 0 Å². The molecule has 1 aromatic rings. The molecule has 1 N–H and O–H groups in total. The van der Waals surface area contributed by atoms with E-state index in [0.717, 1.165) is 26.1 Å². The Labute approximate surface area is 96.6 Å². The van der Waals surface area contributed by atoms with Crippen LogP contribution in [0.3, 0.4) is 0 Å². The van der Waals surface area contributed by atoms with E-state index in [4.69, 9.17) is 4.74 Å². The number of rotatable bonds is 4. The molecule has 1 atom stereocenters. The minimum atomic E-state index is -0.132. The van der Waals surface area contributed by atoms with Crippen molar-refractivity contribution in [3.63, 3.8) is 0 Å². The van der Waals surface area contributed by atoms with Crippen LogP contribution in [0.4, 0.5) is 0 Å². The van der Waals surface area contributed by atoms with E-state index in [9.17, 15) is 5.11 Å². The van der Waals surface area contributed by atoms with Crippen LogP contribution >= 0.6 is 0 Å². The molecule has 1 heterocycles. The summed E-state index contributed by atoms with van der Waals surface area (Å²) in [6.45, 7) is 3.41. The lowest BCUT2D eigenvalue weighted by molar-refractivity contribution is 0.174. The lowest BCUT2D eigenvalue weighted by Gasteiger charge is -2.14. The predicted octanol–water partition coefficient (Wildman–Crippen LogP) is 1.40. The number of nitrogens with zero attached hydrogens (tertiary/aromatic N) is 1. The average Bonchev–Trinajstić information content (AvgIpc) is 2.67. The summed E-state index contributed by atoms with van der Waals surface area (Å²) in [5.74, 6) is 0. The van der Waals surface area contributed by atoms with E-state index in [1.807, 2.05) is 0 Å². The van der Waals surface area contributed by atoms with Gasteiger partial charge in [0.05, 0.1) is 12.7 Å². The molecule has 2 rings (SSSR count). The molecule has 1 saturated heterocycles. The summed E-state index contributed by atoms with van der Waals surface area (Å²) in [7, 11) is 1.71. The van der Waals surface area contributed by atoms with Gasteiger partial charge in [0.2, 0.25) is 0 Å². The summed E-state index contributed by atoms with van der Waals surface area (Å²) in [5.41, 5.74) is 2.50. The monoisotopic (exact) mass is 221 g/mol. The zero-order chi connectivity index (χ0) is 11.4. The molecule has 1 fully saturated rings. The fraction of sp³-hybridized carbons (Fsp3) is 0.538. The van der Waals surface area contributed by atoms with Gasteiger partial charge >= 0.3 is 0 Å². The summed E-state index contributed by atoms with van der Waals surface area (Å²) in [4.78, 5) is 2.29. The third-order valence-corrected chi connectivity index (χ3v) is 2.99. The molecule has 1 aromatic carbocycles. The van der Waals surface area contributed by atoms with Crippen LogP contribution in [0.2, 0.25) is 0 Å². The van der Waals surface area contributed by atoms with Gasteiger partial charge in [0.25, 0.3) is 0 Å². The first-order valence-corrected chi connectivity index (χ1v) is 5.75. The molecule has 0 unspecified atom stereocenters. The van der Waals surface area contributed by atoms with Crippen molar-refractivity contribution in [3.8, 4) is 0 Å². The minimum Gasteiger partial charge on any atom is -0.392 e. The molecular formula is C13H19NO2. The Morgan fingerprint density at radius 1 is 1.31 bits per heavy atom. The van der Waals surface area contributed by atoms with Crippen LogP contribution in [0.5, 0.6) is 0 Å². The number of ether oxygens (including phenoxy) is 1. The van der Waals surface area contributed by atoms with Crippen LogP contribution in [-0.4, -0.2) is 36.3 Å². The highest BCUT2D eigenvalue weighted by Crippen LogP contribution is 2.14. The van der Waals surface area contributed by atoms with E-state index in [1.165, 1.54) is 11.1 Å². The molecule has 1 aliphatic rings. The highest BCUT2D eigenvalue weighted by Gasteiger charge is 2.19. The molecule has 0 amide bonds. The summed E-state index contributed by atoms with van der Waals surface area (Å²) < 4.78 is 5.07. The van der Waals surface area contributed by atoms with E-state index in [2.05, 4.69) is 29.2 Å². The van der Waals surface area contributed by atoms with Crippen LogP contribution in [0.25, 0.3) is 0 Å². The largest absolute Gasteiger partial charge is 0.392 e. The third kappa shape index (κ3) is 3.04. The molecule has 0 saturated carbocycles. The van der Waals surface area contributed by atoms with Crippen molar-refractivity contribution < 1.29 is 9.84 Å². The van der Waals surface area contributed by atoms with Gasteiger partial charge in [0.15, 0.2) is 0 Å². The molecule has 0 radical (unpaired) electrons. The molecule has 0 spiro atoms. The number of hydrogen-bond donors (Lipinski definition) is 1. The van der Waals surface area contributed by atoms with E-state index in [1.54, 1.807) is 7.11 Å². The maximum atomic E-state index is 9.43. The average molecular weight is 221 g/mol. The number of aliphatic hydroxyl groups is 1. The molecule has 3 heteroatoms. The van der Waals surface area contributed by atoms with Crippen molar-refractivity contribution in [2.75, 3.05) is 20.2 Å². The van der Waals surface area contributed by atoms with E-state index >= 15 is 0 Å². The second-order valence-corrected chi connectivity index (χ2v) is 4.43. The summed E-state index contributed by atoms with van der Waals surface area (Å²) in [6.07, 6.45) is 0.773. The molecule has 0 aromatic heterocycles. The summed E-state index contributed by atoms with van der Waals surface area (Å²) in [6, 6.07) is 8.48. The second kappa shape index (κ2) is 5.43. The number of likely N-dealkylation sites (tertiary alicyclic amines) is 1. The van der Waals surface area contributed by atoms with Crippen LogP contribution in [0, 0.1) is 0 Å². The smallest absolute Gasteiger partial charge is 0.0713 e. The van der Waals surface area contributed by atoms with Gasteiger partial charge in [0, 0.05) is 26.7 Å². The molecule has 16 heavy (non-hydrogen) atoms. The Kier molecular flexibility index (Phi) is 3.93. The first-order valence-electron chi connectivity index (χ1n) is 5.75. The highest BCUT2D eigenvalue weighted by atomic mass is 16.5. The number of β-amino-alcohol motifs (C(OH)–C–C–N with tert-alkyl or cyclic N) is 1. The topological polar surface area (TPSA) is 32.7 Å². The molecule has 88 valence electrons. The number of hydrogen-bond acceptors (Lipinski definition) is 3. The second-order valence-electron chi connectivity index (χ2n) is 4.43. The first kappa shape index (κ1) is 11.6. The Bertz CT molecular complexity index is 323. The van der Waals surface area contributed by atoms with Gasteiger partial charge in [-0.2, -0.15) is 0 Å². The number of benzene rings is 1. The molecule has 3 nitrogen and oxygen atoms in total. The van der Waals surface area contributed by atoms with E-state index in [0.29, 0.717) is 6.61 Å². The highest BCUT2D eigenvalue weighted by molar-refractivity contribution is 5.22. The van der Waals surface area contributed by atoms with Gasteiger partial charge in [-0.1, -0.05) is 24.3 Å². The maximum Gasteiger partial charge on any atom is 0.0713 e. The van der Waals surface area contributed by atoms with Crippen LogP contribution < -0.4 is 0 Å². The molecule has 0 bridgehead atoms. The van der Waals surface area contributed by atoms with Crippen molar-refractivity contribution in [3.05, 3.63) is 35.4 Å². The SMILES string of the molecule is COCc1ccc(CN2CC[C@H](O)C2)cc1. The predicted molar refractivity (Wildman–Crippen MR) is 63.1 cm³/mol. The zero-order valence-corrected chi connectivity index (χ0v) is 9.72. The van der Waals surface area contributed by atoms with Crippen LogP contribution in [0.15, 0.2) is 24.3 Å². The van der Waals surface area contributed by atoms with Crippen molar-refractivity contribution in [2.24, 2.45) is 0 Å². The fourth-order valence-corrected chi connectivity index (χ4v) is 2.12. The van der Waals surface area contributed by atoms with E-state index < -0.39 is 0 Å². The Morgan fingerprint density at radius 2 is 2.00 bits per heavy atom. The van der Waals surface area contributed by atoms with Crippen molar-refractivity contribution in [2.45, 2.75) is 25.7 Å². The zero-order valence-electron chi connectivity index (χ0n) is 9.72. The fourth-order valence-electron chi connectivity index (χ4n) is 2.12. The number of aliphatic hydroxyl groups excluding tert-OH is 1. The van der Waals surface area contributed by atoms with Gasteiger partial charge in [-0.05, 0) is 17.5 Å². The summed E-state index contributed by atoms with van der Waals surface area (Å²) in [5, 5.41) is 9.43. The first-order chi connectivity index (χ1) is 7.78. The Balaban J connectivity index is 1.89. The molecule has 0 aliphatic carbocycles. The number of methoxy groups -OCH3 is 1. The van der Waals surface area contributed by atoms with Gasteiger partial charge in [-0.25, -0.2) is 0 Å². The lowest BCUT2D eigenvalue weighted by Crippen LogP contribution is -2.21. The normalized spacial score (nSPS) is 21.5. The summed E-state index contributed by atoms with van der Waals surface area (Å²) >= 11 is 0. The van der Waals surface area contributed by atoms with Crippen molar-refractivity contribution in [1.82, 2.24) is 4.90 Å². The standard InChI is InChI=1S/C13H19NO2/c1-16-10-12-4-2-11(3-5-12)8-14-7-6-13(15)9-14/h2-5,13,15H,6-10H2,1H3/t13-/m0/s1. The van der Waals surface area contributed by atoms with Gasteiger partial charge in [-0.3, -0.25) is 4.90 Å². The molecular weight excluding hydrogens is 202 g/mol. The quantitative estimate of drug-likeness (QED) is 0.834. The Hall–Kier alpha value is -0.900.